The van der Waals surface area contributed by atoms with Crippen molar-refractivity contribution in [2.24, 2.45) is 5.73 Å². The number of amides is 3. The van der Waals surface area contributed by atoms with Crippen LogP contribution in [-0.2, 0) is 20.8 Å². The van der Waals surface area contributed by atoms with Crippen LogP contribution in [0.1, 0.15) is 12.0 Å². The number of nitrogens with two attached hydrogens (primary N) is 1. The Morgan fingerprint density at radius 3 is 2.69 bits per heavy atom. The van der Waals surface area contributed by atoms with Crippen molar-refractivity contribution in [2.45, 2.75) is 31.0 Å². The maximum atomic E-state index is 13.3. The highest BCUT2D eigenvalue weighted by molar-refractivity contribution is 5.99. The lowest BCUT2D eigenvalue weighted by molar-refractivity contribution is -0.127. The van der Waals surface area contributed by atoms with E-state index in [2.05, 4.69) is 26.3 Å². The fourth-order valence-electron chi connectivity index (χ4n) is 4.18. The number of hydrogen-bond acceptors (Lipinski definition) is 7. The molecule has 3 aromatic rings. The number of fused-ring (bicyclic) bond motifs is 1. The van der Waals surface area contributed by atoms with Gasteiger partial charge in [0.2, 0.25) is 17.7 Å². The maximum absolute atomic E-state index is 13.3. The molecule has 3 unspecified atom stereocenters. The molecule has 3 amide bonds. The molecule has 1 fully saturated rings. The van der Waals surface area contributed by atoms with Crippen LogP contribution in [0.2, 0.25) is 0 Å². The van der Waals surface area contributed by atoms with Crippen LogP contribution in [0, 0.1) is 0 Å². The van der Waals surface area contributed by atoms with Crippen LogP contribution in [0.4, 0.5) is 5.69 Å². The number of methoxy groups -OCH3 is 1. The third kappa shape index (κ3) is 6.35. The number of nitrogens with zero attached hydrogens (tertiary/aromatic N) is 1. The summed E-state index contributed by atoms with van der Waals surface area (Å²) in [7, 11) is 1.58. The number of hydrogen-bond donors (Lipinski definition) is 5. The minimum absolute atomic E-state index is 0.110. The van der Waals surface area contributed by atoms with E-state index >= 15 is 0 Å². The molecule has 2 aromatic carbocycles. The molecule has 1 saturated heterocycles. The Morgan fingerprint density at radius 1 is 1.17 bits per heavy atom. The van der Waals surface area contributed by atoms with Crippen LogP contribution in [-0.4, -0.2) is 61.0 Å². The molecule has 6 N–H and O–H groups in total. The molecule has 188 valence electrons. The number of benzene rings is 2. The van der Waals surface area contributed by atoms with E-state index in [1.165, 1.54) is 0 Å². The van der Waals surface area contributed by atoms with Gasteiger partial charge in [0.25, 0.3) is 0 Å². The van der Waals surface area contributed by atoms with Crippen molar-refractivity contribution in [2.75, 3.05) is 25.5 Å². The van der Waals surface area contributed by atoms with E-state index in [0.717, 1.165) is 16.5 Å². The Kier molecular flexibility index (Phi) is 8.09. The first-order valence-corrected chi connectivity index (χ1v) is 11.8. The van der Waals surface area contributed by atoms with Gasteiger partial charge in [0, 0.05) is 24.4 Å². The monoisotopic (exact) mass is 490 g/mol. The molecule has 2 heterocycles. The van der Waals surface area contributed by atoms with E-state index in [-0.39, 0.29) is 36.7 Å². The molecule has 1 aromatic heterocycles. The smallest absolute Gasteiger partial charge is 0.247 e. The van der Waals surface area contributed by atoms with Crippen LogP contribution < -0.4 is 31.7 Å². The molecule has 10 heteroatoms. The lowest BCUT2D eigenvalue weighted by Crippen LogP contribution is -2.50. The van der Waals surface area contributed by atoms with Crippen LogP contribution >= 0.6 is 0 Å². The zero-order valence-electron chi connectivity index (χ0n) is 20.0. The average Bonchev–Trinajstić information content (AvgIpc) is 3.37. The Morgan fingerprint density at radius 2 is 1.94 bits per heavy atom. The van der Waals surface area contributed by atoms with Gasteiger partial charge in [-0.25, -0.2) is 0 Å². The van der Waals surface area contributed by atoms with Gasteiger partial charge in [-0.2, -0.15) is 0 Å². The SMILES string of the molecule is COc1ccc(CC(NC(=O)C2CC(NC(=O)CN)CN2)C(=O)Nc2cnc3ccccc3c2)cc1. The minimum atomic E-state index is -0.836. The van der Waals surface area contributed by atoms with Crippen molar-refractivity contribution in [1.82, 2.24) is 20.9 Å². The molecule has 0 bridgehead atoms. The zero-order valence-corrected chi connectivity index (χ0v) is 20.0. The number of rotatable bonds is 9. The molecule has 0 saturated carbocycles. The van der Waals surface area contributed by atoms with E-state index in [1.807, 2.05) is 54.6 Å². The van der Waals surface area contributed by atoms with E-state index in [1.54, 1.807) is 13.3 Å². The zero-order chi connectivity index (χ0) is 25.5. The summed E-state index contributed by atoms with van der Waals surface area (Å²) in [5.41, 5.74) is 7.58. The van der Waals surface area contributed by atoms with Gasteiger partial charge in [-0.15, -0.1) is 0 Å². The number of carbonyl (C=O) groups is 3. The van der Waals surface area contributed by atoms with Gasteiger partial charge in [0.05, 0.1) is 37.1 Å². The van der Waals surface area contributed by atoms with Crippen molar-refractivity contribution < 1.29 is 19.1 Å². The summed E-state index contributed by atoms with van der Waals surface area (Å²) in [4.78, 5) is 42.3. The van der Waals surface area contributed by atoms with Crippen LogP contribution in [0.15, 0.2) is 60.8 Å². The second-order valence-electron chi connectivity index (χ2n) is 8.68. The Hall–Kier alpha value is -4.02. The topological polar surface area (TPSA) is 147 Å². The van der Waals surface area contributed by atoms with E-state index in [9.17, 15) is 14.4 Å². The third-order valence-electron chi connectivity index (χ3n) is 6.09. The van der Waals surface area contributed by atoms with Crippen molar-refractivity contribution in [3.05, 3.63) is 66.4 Å². The number of pyridine rings is 1. The summed E-state index contributed by atoms with van der Waals surface area (Å²) in [5, 5.41) is 12.5. The number of para-hydroxylation sites is 1. The van der Waals surface area contributed by atoms with Gasteiger partial charge in [0.15, 0.2) is 0 Å². The first kappa shape index (κ1) is 25.1. The van der Waals surface area contributed by atoms with E-state index < -0.39 is 12.1 Å². The van der Waals surface area contributed by atoms with Gasteiger partial charge >= 0.3 is 0 Å². The number of carbonyl (C=O) groups excluding carboxylic acids is 3. The summed E-state index contributed by atoms with van der Waals surface area (Å²) in [6, 6.07) is 15.2. The average molecular weight is 491 g/mol. The lowest BCUT2D eigenvalue weighted by atomic mass is 10.0. The number of anilines is 1. The standard InChI is InChI=1S/C26H30N6O4/c1-36-20-8-6-16(7-9-20)10-23(32-25(34)22-12-19(15-29-22)30-24(33)13-27)26(35)31-18-11-17-4-2-3-5-21(17)28-14-18/h2-9,11,14,19,22-23,29H,10,12-13,15,27H2,1H3,(H,30,33)(H,31,35)(H,32,34). The molecule has 1 aliphatic rings. The van der Waals surface area contributed by atoms with Crippen molar-refractivity contribution in [3.63, 3.8) is 0 Å². The fourth-order valence-corrected chi connectivity index (χ4v) is 4.18. The fraction of sp³-hybridized carbons (Fsp3) is 0.308. The Labute approximate surface area is 209 Å². The normalized spacial score (nSPS) is 17.8. The molecule has 36 heavy (non-hydrogen) atoms. The Bertz CT molecular complexity index is 1230. The molecular weight excluding hydrogens is 460 g/mol. The van der Waals surface area contributed by atoms with Gasteiger partial charge in [-0.3, -0.25) is 19.4 Å². The number of aromatic nitrogens is 1. The molecule has 0 spiro atoms. The van der Waals surface area contributed by atoms with Crippen molar-refractivity contribution in [1.29, 1.82) is 0 Å². The lowest BCUT2D eigenvalue weighted by Gasteiger charge is -2.21. The summed E-state index contributed by atoms with van der Waals surface area (Å²) >= 11 is 0. The van der Waals surface area contributed by atoms with Crippen molar-refractivity contribution in [3.8, 4) is 5.75 Å². The second-order valence-corrected chi connectivity index (χ2v) is 8.68. The highest BCUT2D eigenvalue weighted by Crippen LogP contribution is 2.18. The molecule has 1 aliphatic heterocycles. The first-order chi connectivity index (χ1) is 17.4. The van der Waals surface area contributed by atoms with Crippen LogP contribution in [0.25, 0.3) is 10.9 Å². The van der Waals surface area contributed by atoms with E-state index in [4.69, 9.17) is 10.5 Å². The van der Waals surface area contributed by atoms with Gasteiger partial charge in [0.1, 0.15) is 11.8 Å². The highest BCUT2D eigenvalue weighted by Gasteiger charge is 2.32. The predicted octanol–water partition coefficient (Wildman–Crippen LogP) is 0.715. The highest BCUT2D eigenvalue weighted by atomic mass is 16.5. The minimum Gasteiger partial charge on any atom is -0.497 e. The second kappa shape index (κ2) is 11.6. The van der Waals surface area contributed by atoms with Crippen LogP contribution in [0.5, 0.6) is 5.75 Å². The molecular formula is C26H30N6O4. The maximum Gasteiger partial charge on any atom is 0.247 e. The first-order valence-electron chi connectivity index (χ1n) is 11.8. The predicted molar refractivity (Wildman–Crippen MR) is 136 cm³/mol. The molecule has 0 aliphatic carbocycles. The summed E-state index contributed by atoms with van der Waals surface area (Å²) < 4.78 is 5.21. The molecule has 3 atom stereocenters. The summed E-state index contributed by atoms with van der Waals surface area (Å²) in [5.74, 6) is -0.248. The quantitative estimate of drug-likeness (QED) is 0.297. The molecule has 0 radical (unpaired) electrons. The third-order valence-corrected chi connectivity index (χ3v) is 6.09. The number of ether oxygens (including phenoxy) is 1. The summed E-state index contributed by atoms with van der Waals surface area (Å²) in [6.07, 6.45) is 2.28. The van der Waals surface area contributed by atoms with Gasteiger partial charge in [-0.05, 0) is 36.2 Å². The Balaban J connectivity index is 1.47. The summed E-state index contributed by atoms with van der Waals surface area (Å²) in [6.45, 7) is 0.336. The van der Waals surface area contributed by atoms with Gasteiger partial charge in [-0.1, -0.05) is 30.3 Å². The van der Waals surface area contributed by atoms with Gasteiger partial charge < -0.3 is 31.7 Å². The molecule has 10 nitrogen and oxygen atoms in total. The van der Waals surface area contributed by atoms with Crippen LogP contribution in [0.3, 0.4) is 0 Å². The largest absolute Gasteiger partial charge is 0.497 e. The molecule has 4 rings (SSSR count). The van der Waals surface area contributed by atoms with E-state index in [0.29, 0.717) is 24.4 Å². The van der Waals surface area contributed by atoms with Crippen molar-refractivity contribution >= 4 is 34.3 Å². The number of nitrogens with one attached hydrogen (secondary N) is 4.